The van der Waals surface area contributed by atoms with Gasteiger partial charge < -0.3 is 5.11 Å². The lowest BCUT2D eigenvalue weighted by atomic mass is 9.93. The van der Waals surface area contributed by atoms with Gasteiger partial charge in [-0.15, -0.1) is 0 Å². The Morgan fingerprint density at radius 3 is 2.64 bits per heavy atom. The van der Waals surface area contributed by atoms with Gasteiger partial charge in [-0.05, 0) is 48.3 Å². The molecule has 25 heavy (non-hydrogen) atoms. The zero-order valence-electron chi connectivity index (χ0n) is 14.5. The van der Waals surface area contributed by atoms with Crippen molar-refractivity contribution in [2.45, 2.75) is 31.8 Å². The highest BCUT2D eigenvalue weighted by Gasteiger charge is 2.23. The molecule has 0 radical (unpaired) electrons. The molecule has 0 bridgehead atoms. The van der Waals surface area contributed by atoms with E-state index >= 15 is 0 Å². The van der Waals surface area contributed by atoms with Gasteiger partial charge in [-0.3, -0.25) is 9.58 Å². The molecule has 4 nitrogen and oxygen atoms in total. The minimum atomic E-state index is 0.147. The molecule has 3 aromatic rings. The third-order valence-corrected chi connectivity index (χ3v) is 5.34. The van der Waals surface area contributed by atoms with Crippen LogP contribution in [0.25, 0.3) is 10.8 Å². The lowest BCUT2D eigenvalue weighted by Crippen LogP contribution is -2.33. The maximum Gasteiger partial charge on any atom is 0.0644 e. The van der Waals surface area contributed by atoms with E-state index in [4.69, 9.17) is 0 Å². The Kier molecular flexibility index (Phi) is 4.81. The van der Waals surface area contributed by atoms with Crippen molar-refractivity contribution in [2.75, 3.05) is 19.7 Å². The first-order valence-electron chi connectivity index (χ1n) is 9.17. The highest BCUT2D eigenvalue weighted by atomic mass is 16.3. The topological polar surface area (TPSA) is 41.3 Å². The fraction of sp³-hybridized carbons (Fsp3) is 0.381. The van der Waals surface area contributed by atoms with Crippen molar-refractivity contribution in [2.24, 2.45) is 0 Å². The summed E-state index contributed by atoms with van der Waals surface area (Å²) in [5.41, 5.74) is 2.70. The van der Waals surface area contributed by atoms with Crippen LogP contribution >= 0.6 is 0 Å². The van der Waals surface area contributed by atoms with Crippen molar-refractivity contribution >= 4 is 10.8 Å². The molecule has 130 valence electrons. The van der Waals surface area contributed by atoms with Crippen molar-refractivity contribution in [1.29, 1.82) is 0 Å². The molecule has 0 atom stereocenters. The van der Waals surface area contributed by atoms with Crippen LogP contribution in [0.15, 0.2) is 54.7 Å². The number of aromatic nitrogens is 2. The minimum Gasteiger partial charge on any atom is -0.394 e. The van der Waals surface area contributed by atoms with E-state index in [1.165, 1.54) is 22.0 Å². The number of piperidine rings is 1. The molecule has 1 fully saturated rings. The molecule has 4 rings (SSSR count). The summed E-state index contributed by atoms with van der Waals surface area (Å²) in [6.07, 6.45) is 4.16. The van der Waals surface area contributed by atoms with Crippen LogP contribution in [-0.4, -0.2) is 39.5 Å². The molecule has 0 saturated carbocycles. The standard InChI is InChI=1S/C21H25N3O/c25-15-14-24-21(8-11-22-24)18-9-12-23(13-10-18)16-19-6-3-5-17-4-1-2-7-20(17)19/h1-8,11,18,25H,9-10,12-16H2. The van der Waals surface area contributed by atoms with Gasteiger partial charge in [0.25, 0.3) is 0 Å². The first-order valence-corrected chi connectivity index (χ1v) is 9.17. The monoisotopic (exact) mass is 335 g/mol. The SMILES string of the molecule is OCCn1nccc1C1CCN(Cc2cccc3ccccc23)CC1. The van der Waals surface area contributed by atoms with E-state index in [0.29, 0.717) is 12.5 Å². The first-order chi connectivity index (χ1) is 12.3. The number of aliphatic hydroxyl groups excluding tert-OH is 1. The second-order valence-electron chi connectivity index (χ2n) is 6.89. The van der Waals surface area contributed by atoms with Gasteiger partial charge in [0.2, 0.25) is 0 Å². The van der Waals surface area contributed by atoms with Crippen LogP contribution in [0.2, 0.25) is 0 Å². The zero-order valence-corrected chi connectivity index (χ0v) is 14.5. The van der Waals surface area contributed by atoms with Gasteiger partial charge in [0.1, 0.15) is 0 Å². The zero-order chi connectivity index (χ0) is 17.1. The van der Waals surface area contributed by atoms with Crippen molar-refractivity contribution in [3.05, 3.63) is 66.0 Å². The van der Waals surface area contributed by atoms with E-state index in [-0.39, 0.29) is 6.61 Å². The van der Waals surface area contributed by atoms with Gasteiger partial charge in [0.15, 0.2) is 0 Å². The maximum absolute atomic E-state index is 9.18. The van der Waals surface area contributed by atoms with E-state index in [0.717, 1.165) is 32.5 Å². The van der Waals surface area contributed by atoms with Crippen molar-refractivity contribution in [3.63, 3.8) is 0 Å². The minimum absolute atomic E-state index is 0.147. The Morgan fingerprint density at radius 1 is 1.00 bits per heavy atom. The van der Waals surface area contributed by atoms with Gasteiger partial charge in [-0.2, -0.15) is 5.10 Å². The summed E-state index contributed by atoms with van der Waals surface area (Å²) in [5.74, 6) is 0.554. The van der Waals surface area contributed by atoms with Gasteiger partial charge in [-0.1, -0.05) is 42.5 Å². The molecule has 1 aliphatic rings. The number of hydrogen-bond acceptors (Lipinski definition) is 3. The number of hydrogen-bond donors (Lipinski definition) is 1. The number of nitrogens with zero attached hydrogens (tertiary/aromatic N) is 3. The Hall–Kier alpha value is -2.17. The molecule has 1 saturated heterocycles. The molecule has 0 aliphatic carbocycles. The number of fused-ring (bicyclic) bond motifs is 1. The number of likely N-dealkylation sites (tertiary alicyclic amines) is 1. The molecule has 4 heteroatoms. The Bertz CT molecular complexity index is 829. The van der Waals surface area contributed by atoms with E-state index in [2.05, 4.69) is 58.5 Å². The molecular formula is C21H25N3O. The Labute approximate surface area is 148 Å². The lowest BCUT2D eigenvalue weighted by Gasteiger charge is -2.32. The predicted molar refractivity (Wildman–Crippen MR) is 101 cm³/mol. The molecular weight excluding hydrogens is 310 g/mol. The summed E-state index contributed by atoms with van der Waals surface area (Å²) in [6.45, 7) is 3.98. The van der Waals surface area contributed by atoms with E-state index in [1.807, 2.05) is 10.9 Å². The number of aliphatic hydroxyl groups is 1. The summed E-state index contributed by atoms with van der Waals surface area (Å²) < 4.78 is 1.96. The van der Waals surface area contributed by atoms with E-state index in [9.17, 15) is 5.11 Å². The van der Waals surface area contributed by atoms with Crippen molar-refractivity contribution < 1.29 is 5.11 Å². The summed E-state index contributed by atoms with van der Waals surface area (Å²) in [4.78, 5) is 2.56. The van der Waals surface area contributed by atoms with Crippen LogP contribution in [0.1, 0.15) is 30.0 Å². The van der Waals surface area contributed by atoms with Crippen LogP contribution in [0.4, 0.5) is 0 Å². The molecule has 0 amide bonds. The summed E-state index contributed by atoms with van der Waals surface area (Å²) in [6, 6.07) is 17.4. The molecule has 0 spiro atoms. The van der Waals surface area contributed by atoms with E-state index in [1.54, 1.807) is 0 Å². The molecule has 1 aliphatic heterocycles. The second kappa shape index (κ2) is 7.38. The highest BCUT2D eigenvalue weighted by molar-refractivity contribution is 5.85. The molecule has 1 N–H and O–H groups in total. The molecule has 2 aromatic carbocycles. The van der Waals surface area contributed by atoms with E-state index < -0.39 is 0 Å². The lowest BCUT2D eigenvalue weighted by molar-refractivity contribution is 0.199. The van der Waals surface area contributed by atoms with Crippen molar-refractivity contribution in [1.82, 2.24) is 14.7 Å². The fourth-order valence-electron chi connectivity index (χ4n) is 4.03. The molecule has 0 unspecified atom stereocenters. The number of benzene rings is 2. The first kappa shape index (κ1) is 16.3. The number of rotatable bonds is 5. The van der Waals surface area contributed by atoms with Gasteiger partial charge >= 0.3 is 0 Å². The predicted octanol–water partition coefficient (Wildman–Crippen LogP) is 3.41. The van der Waals surface area contributed by atoms with Gasteiger partial charge in [-0.25, -0.2) is 0 Å². The Balaban J connectivity index is 1.43. The normalized spacial score (nSPS) is 16.5. The Morgan fingerprint density at radius 2 is 1.80 bits per heavy atom. The maximum atomic E-state index is 9.18. The van der Waals surface area contributed by atoms with Crippen LogP contribution in [0.5, 0.6) is 0 Å². The van der Waals surface area contributed by atoms with Crippen LogP contribution in [0.3, 0.4) is 0 Å². The third-order valence-electron chi connectivity index (χ3n) is 5.34. The van der Waals surface area contributed by atoms with Crippen LogP contribution in [0, 0.1) is 0 Å². The quantitative estimate of drug-likeness (QED) is 0.777. The fourth-order valence-corrected chi connectivity index (χ4v) is 4.03. The average Bonchev–Trinajstić information content (AvgIpc) is 3.11. The molecule has 1 aromatic heterocycles. The second-order valence-corrected chi connectivity index (χ2v) is 6.89. The van der Waals surface area contributed by atoms with Gasteiger partial charge in [0.05, 0.1) is 13.2 Å². The largest absolute Gasteiger partial charge is 0.394 e. The highest BCUT2D eigenvalue weighted by Crippen LogP contribution is 2.29. The smallest absolute Gasteiger partial charge is 0.0644 e. The van der Waals surface area contributed by atoms with Gasteiger partial charge in [0, 0.05) is 24.4 Å². The average molecular weight is 335 g/mol. The summed E-state index contributed by atoms with van der Waals surface area (Å²) >= 11 is 0. The third kappa shape index (κ3) is 3.46. The molecule has 2 heterocycles. The summed E-state index contributed by atoms with van der Waals surface area (Å²) in [7, 11) is 0. The van der Waals surface area contributed by atoms with Crippen LogP contribution in [-0.2, 0) is 13.1 Å². The van der Waals surface area contributed by atoms with Crippen LogP contribution < -0.4 is 0 Å². The summed E-state index contributed by atoms with van der Waals surface area (Å²) in [5, 5.41) is 16.2. The van der Waals surface area contributed by atoms with Crippen molar-refractivity contribution in [3.8, 4) is 0 Å².